The molecule has 0 aliphatic carbocycles. The lowest BCUT2D eigenvalue weighted by Gasteiger charge is -2.36. The number of hydrogen-bond donors (Lipinski definition) is 0. The van der Waals surface area contributed by atoms with Crippen molar-refractivity contribution in [3.8, 4) is 0 Å². The quantitative estimate of drug-likeness (QED) is 0.760. The van der Waals surface area contributed by atoms with Crippen LogP contribution in [-0.2, 0) is 14.8 Å². The Hall–Kier alpha value is -1.38. The van der Waals surface area contributed by atoms with E-state index in [-0.39, 0.29) is 17.7 Å². The molecule has 1 unspecified atom stereocenters. The summed E-state index contributed by atoms with van der Waals surface area (Å²) in [7, 11) is 3.85. The first-order chi connectivity index (χ1) is 11.4. The van der Waals surface area contributed by atoms with Crippen molar-refractivity contribution in [3.05, 3.63) is 29.8 Å². The van der Waals surface area contributed by atoms with E-state index in [0.29, 0.717) is 0 Å². The van der Waals surface area contributed by atoms with Gasteiger partial charge in [-0.25, -0.2) is 8.42 Å². The van der Waals surface area contributed by atoms with Gasteiger partial charge in [0.2, 0.25) is 15.9 Å². The van der Waals surface area contributed by atoms with E-state index in [1.165, 1.54) is 11.4 Å². The number of para-hydroxylation sites is 1. The molecule has 0 spiro atoms. The molecule has 8 heteroatoms. The number of rotatable bonds is 4. The van der Waals surface area contributed by atoms with Crippen LogP contribution in [0.4, 0.5) is 5.69 Å². The molecule has 2 aliphatic heterocycles. The second kappa shape index (κ2) is 6.50. The highest BCUT2D eigenvalue weighted by Crippen LogP contribution is 2.42. The molecule has 0 aromatic heterocycles. The Kier molecular flexibility index (Phi) is 4.72. The number of carbonyl (C=O) groups excluding carboxylic acids is 1. The summed E-state index contributed by atoms with van der Waals surface area (Å²) in [6.07, 6.45) is 1.57. The van der Waals surface area contributed by atoms with Crippen molar-refractivity contribution in [1.82, 2.24) is 9.12 Å². The van der Waals surface area contributed by atoms with Crippen molar-refractivity contribution >= 4 is 29.6 Å². The fourth-order valence-electron chi connectivity index (χ4n) is 3.56. The molecular formula is C16H22BN3O3S. The van der Waals surface area contributed by atoms with Gasteiger partial charge in [-0.1, -0.05) is 18.2 Å². The van der Waals surface area contributed by atoms with Gasteiger partial charge in [-0.2, -0.15) is 4.31 Å². The lowest BCUT2D eigenvalue weighted by Crippen LogP contribution is -2.48. The molecule has 1 aromatic rings. The lowest BCUT2D eigenvalue weighted by atomic mass is 10.0. The molecule has 0 bridgehead atoms. The van der Waals surface area contributed by atoms with E-state index in [0.717, 1.165) is 37.2 Å². The minimum absolute atomic E-state index is 0.0268. The summed E-state index contributed by atoms with van der Waals surface area (Å²) in [6, 6.07) is 6.75. The van der Waals surface area contributed by atoms with E-state index in [1.54, 1.807) is 16.6 Å². The standard InChI is InChI=1S/C16H22BN3O3S/c1-3-24(22,23)18(2)15-13-6-4-5-7-14(13)20(16(15)21)12-8-10-19(17)11-9-12/h4-7,12,15H,3,8-11H2,1-2H3. The minimum atomic E-state index is -3.46. The molecule has 2 aliphatic rings. The summed E-state index contributed by atoms with van der Waals surface area (Å²) in [5, 5.41) is 0. The first kappa shape index (κ1) is 17.4. The molecule has 24 heavy (non-hydrogen) atoms. The molecule has 0 saturated carbocycles. The third-order valence-electron chi connectivity index (χ3n) is 4.99. The van der Waals surface area contributed by atoms with Crippen LogP contribution < -0.4 is 4.90 Å². The fraction of sp³-hybridized carbons (Fsp3) is 0.562. The Bertz CT molecular complexity index is 732. The number of benzene rings is 1. The predicted octanol–water partition coefficient (Wildman–Crippen LogP) is 0.904. The average molecular weight is 347 g/mol. The number of likely N-dealkylation sites (N-methyl/N-ethyl adjacent to an activating group) is 1. The Labute approximate surface area is 144 Å². The lowest BCUT2D eigenvalue weighted by molar-refractivity contribution is -0.121. The summed E-state index contributed by atoms with van der Waals surface area (Å²) in [5.41, 5.74) is 1.58. The normalized spacial score (nSPS) is 23.0. The van der Waals surface area contributed by atoms with Crippen LogP contribution in [0, 0.1) is 0 Å². The molecule has 0 N–H and O–H groups in total. The van der Waals surface area contributed by atoms with Crippen LogP contribution in [0.15, 0.2) is 24.3 Å². The summed E-state index contributed by atoms with van der Waals surface area (Å²) < 4.78 is 25.8. The van der Waals surface area contributed by atoms with Crippen LogP contribution >= 0.6 is 0 Å². The van der Waals surface area contributed by atoms with Crippen LogP contribution in [0.3, 0.4) is 0 Å². The molecule has 1 saturated heterocycles. The number of carbonyl (C=O) groups is 1. The van der Waals surface area contributed by atoms with Crippen LogP contribution in [-0.4, -0.2) is 63.4 Å². The van der Waals surface area contributed by atoms with Gasteiger partial charge in [0, 0.05) is 24.3 Å². The third kappa shape index (κ3) is 2.87. The molecule has 2 heterocycles. The van der Waals surface area contributed by atoms with Gasteiger partial charge in [0.25, 0.3) is 0 Å². The molecule has 1 atom stereocenters. The van der Waals surface area contributed by atoms with Gasteiger partial charge < -0.3 is 9.71 Å². The Morgan fingerprint density at radius 1 is 1.25 bits per heavy atom. The third-order valence-corrected chi connectivity index (χ3v) is 6.81. The van der Waals surface area contributed by atoms with Gasteiger partial charge in [0.15, 0.2) is 7.98 Å². The Morgan fingerprint density at radius 2 is 1.88 bits per heavy atom. The van der Waals surface area contributed by atoms with Crippen molar-refractivity contribution in [2.45, 2.75) is 31.8 Å². The SMILES string of the molecule is [B]N1CCC(N2C(=O)C(N(C)S(=O)(=O)CC)c3ccccc32)CC1. The highest BCUT2D eigenvalue weighted by atomic mass is 32.2. The first-order valence-electron chi connectivity index (χ1n) is 8.24. The number of nitrogens with zero attached hydrogens (tertiary/aromatic N) is 3. The largest absolute Gasteiger partial charge is 0.353 e. The molecular weight excluding hydrogens is 325 g/mol. The fourth-order valence-corrected chi connectivity index (χ4v) is 4.49. The van der Waals surface area contributed by atoms with Crippen molar-refractivity contribution in [1.29, 1.82) is 0 Å². The maximum absolute atomic E-state index is 13.1. The van der Waals surface area contributed by atoms with E-state index in [9.17, 15) is 13.2 Å². The van der Waals surface area contributed by atoms with Gasteiger partial charge in [-0.3, -0.25) is 4.79 Å². The van der Waals surface area contributed by atoms with Gasteiger partial charge in [-0.05, 0) is 38.9 Å². The van der Waals surface area contributed by atoms with Gasteiger partial charge in [-0.15, -0.1) is 0 Å². The molecule has 2 radical (unpaired) electrons. The molecule has 1 aromatic carbocycles. The number of fused-ring (bicyclic) bond motifs is 1. The zero-order chi connectivity index (χ0) is 17.5. The monoisotopic (exact) mass is 347 g/mol. The zero-order valence-electron chi connectivity index (χ0n) is 14.1. The topological polar surface area (TPSA) is 60.9 Å². The van der Waals surface area contributed by atoms with Gasteiger partial charge in [0.1, 0.15) is 6.04 Å². The van der Waals surface area contributed by atoms with Crippen LogP contribution in [0.25, 0.3) is 0 Å². The Morgan fingerprint density at radius 3 is 2.50 bits per heavy atom. The smallest absolute Gasteiger partial charge is 0.250 e. The summed E-state index contributed by atoms with van der Waals surface area (Å²) in [4.78, 5) is 16.7. The maximum atomic E-state index is 13.1. The molecule has 1 amide bonds. The van der Waals surface area contributed by atoms with Crippen molar-refractivity contribution < 1.29 is 13.2 Å². The number of hydrogen-bond acceptors (Lipinski definition) is 4. The molecule has 128 valence electrons. The first-order valence-corrected chi connectivity index (χ1v) is 9.85. The Balaban J connectivity index is 1.98. The second-order valence-electron chi connectivity index (χ2n) is 6.35. The highest BCUT2D eigenvalue weighted by Gasteiger charge is 2.45. The van der Waals surface area contributed by atoms with E-state index in [1.807, 2.05) is 24.3 Å². The number of amides is 1. The number of anilines is 1. The zero-order valence-corrected chi connectivity index (χ0v) is 14.9. The predicted molar refractivity (Wildman–Crippen MR) is 94.2 cm³/mol. The number of sulfonamides is 1. The van der Waals surface area contributed by atoms with E-state index >= 15 is 0 Å². The average Bonchev–Trinajstić information content (AvgIpc) is 2.87. The van der Waals surface area contributed by atoms with Crippen LogP contribution in [0.1, 0.15) is 31.4 Å². The molecule has 6 nitrogen and oxygen atoms in total. The van der Waals surface area contributed by atoms with Crippen molar-refractivity contribution in [3.63, 3.8) is 0 Å². The summed E-state index contributed by atoms with van der Waals surface area (Å²) >= 11 is 0. The van der Waals surface area contributed by atoms with Crippen molar-refractivity contribution in [2.75, 3.05) is 30.8 Å². The minimum Gasteiger partial charge on any atom is -0.353 e. The van der Waals surface area contributed by atoms with E-state index < -0.39 is 16.1 Å². The summed E-state index contributed by atoms with van der Waals surface area (Å²) in [5.74, 6) is -0.188. The highest BCUT2D eigenvalue weighted by molar-refractivity contribution is 7.89. The maximum Gasteiger partial charge on any atom is 0.250 e. The van der Waals surface area contributed by atoms with Crippen LogP contribution in [0.2, 0.25) is 0 Å². The van der Waals surface area contributed by atoms with Crippen molar-refractivity contribution in [2.24, 2.45) is 0 Å². The van der Waals surface area contributed by atoms with Gasteiger partial charge in [0.05, 0.1) is 5.75 Å². The summed E-state index contributed by atoms with van der Waals surface area (Å²) in [6.45, 7) is 3.04. The second-order valence-corrected chi connectivity index (χ2v) is 8.67. The molecule has 3 rings (SSSR count). The van der Waals surface area contributed by atoms with E-state index in [2.05, 4.69) is 0 Å². The van der Waals surface area contributed by atoms with Gasteiger partial charge >= 0.3 is 0 Å². The van der Waals surface area contributed by atoms with Crippen LogP contribution in [0.5, 0.6) is 0 Å². The number of piperidine rings is 1. The van der Waals surface area contributed by atoms with E-state index in [4.69, 9.17) is 7.98 Å². The molecule has 1 fully saturated rings.